The summed E-state index contributed by atoms with van der Waals surface area (Å²) in [5.74, 6) is -0.393. The summed E-state index contributed by atoms with van der Waals surface area (Å²) in [5.41, 5.74) is 1.88. The van der Waals surface area contributed by atoms with Crippen molar-refractivity contribution in [1.82, 2.24) is 15.2 Å². The van der Waals surface area contributed by atoms with Crippen LogP contribution >= 0.6 is 0 Å². The van der Waals surface area contributed by atoms with Crippen LogP contribution in [0.5, 0.6) is 0 Å². The van der Waals surface area contributed by atoms with Crippen molar-refractivity contribution in [2.75, 3.05) is 0 Å². The molecular formula is C14H19N3O3. The maximum absolute atomic E-state index is 11.7. The molecule has 6 heteroatoms. The van der Waals surface area contributed by atoms with E-state index in [9.17, 15) is 9.59 Å². The predicted octanol–water partition coefficient (Wildman–Crippen LogP) is 1.73. The molecule has 0 spiro atoms. The van der Waals surface area contributed by atoms with Crippen molar-refractivity contribution < 1.29 is 9.21 Å². The lowest BCUT2D eigenvalue weighted by Gasteiger charge is -2.20. The smallest absolute Gasteiger partial charge is 0.408 e. The van der Waals surface area contributed by atoms with Gasteiger partial charge >= 0.3 is 11.8 Å². The van der Waals surface area contributed by atoms with E-state index in [2.05, 4.69) is 10.6 Å². The Bertz CT molecular complexity index is 692. The minimum Gasteiger partial charge on any atom is -0.408 e. The molecule has 0 aliphatic heterocycles. The van der Waals surface area contributed by atoms with Crippen molar-refractivity contribution in [2.45, 2.75) is 32.9 Å². The van der Waals surface area contributed by atoms with Gasteiger partial charge < -0.3 is 15.1 Å². The summed E-state index contributed by atoms with van der Waals surface area (Å²) >= 11 is 0. The van der Waals surface area contributed by atoms with Crippen molar-refractivity contribution in [3.8, 4) is 0 Å². The van der Waals surface area contributed by atoms with E-state index in [1.165, 1.54) is 4.57 Å². The van der Waals surface area contributed by atoms with Gasteiger partial charge in [0.05, 0.1) is 5.52 Å². The number of carbonyl (C=O) groups excluding carboxylic acids is 1. The van der Waals surface area contributed by atoms with E-state index in [0.29, 0.717) is 17.6 Å². The highest BCUT2D eigenvalue weighted by molar-refractivity contribution is 5.76. The summed E-state index contributed by atoms with van der Waals surface area (Å²) in [6.07, 6.45) is 0. The highest BCUT2D eigenvalue weighted by Gasteiger charge is 2.13. The van der Waals surface area contributed by atoms with Crippen LogP contribution < -0.4 is 16.4 Å². The van der Waals surface area contributed by atoms with Gasteiger partial charge in [-0.25, -0.2) is 9.59 Å². The van der Waals surface area contributed by atoms with Gasteiger partial charge in [0.2, 0.25) is 0 Å². The van der Waals surface area contributed by atoms with Gasteiger partial charge in [-0.3, -0.25) is 4.57 Å². The Kier molecular flexibility index (Phi) is 3.57. The average Bonchev–Trinajstić information content (AvgIpc) is 2.61. The van der Waals surface area contributed by atoms with Crippen LogP contribution in [0.4, 0.5) is 4.79 Å². The number of nitrogens with zero attached hydrogens (tertiary/aromatic N) is 1. The zero-order chi connectivity index (χ0) is 14.9. The van der Waals surface area contributed by atoms with Gasteiger partial charge in [0.25, 0.3) is 0 Å². The Hall–Kier alpha value is -2.24. The molecule has 6 nitrogen and oxygen atoms in total. The van der Waals surface area contributed by atoms with Crippen LogP contribution in [0.3, 0.4) is 0 Å². The first-order chi connectivity index (χ1) is 9.26. The molecule has 0 bridgehead atoms. The lowest BCUT2D eigenvalue weighted by molar-refractivity contribution is 0.231. The van der Waals surface area contributed by atoms with Crippen LogP contribution in [0.15, 0.2) is 27.4 Å². The Labute approximate surface area is 116 Å². The molecule has 0 atom stereocenters. The molecule has 1 aromatic heterocycles. The number of benzene rings is 1. The summed E-state index contributed by atoms with van der Waals surface area (Å²) in [6, 6.07) is 5.16. The molecule has 0 aliphatic carbocycles. The molecule has 0 saturated carbocycles. The molecule has 2 N–H and O–H groups in total. The molecule has 0 aliphatic rings. The normalized spacial score (nSPS) is 11.6. The lowest BCUT2D eigenvalue weighted by Crippen LogP contribution is -2.46. The van der Waals surface area contributed by atoms with E-state index in [1.54, 1.807) is 13.1 Å². The number of urea groups is 1. The van der Waals surface area contributed by atoms with Gasteiger partial charge in [-0.15, -0.1) is 0 Å². The van der Waals surface area contributed by atoms with Crippen molar-refractivity contribution in [3.05, 3.63) is 34.3 Å². The molecule has 0 unspecified atom stereocenters. The van der Waals surface area contributed by atoms with Crippen molar-refractivity contribution in [1.29, 1.82) is 0 Å². The van der Waals surface area contributed by atoms with Gasteiger partial charge in [0.1, 0.15) is 0 Å². The predicted molar refractivity (Wildman–Crippen MR) is 76.6 cm³/mol. The lowest BCUT2D eigenvalue weighted by atomic mass is 10.1. The second-order valence-corrected chi connectivity index (χ2v) is 5.79. The first-order valence-electron chi connectivity index (χ1n) is 6.41. The molecule has 108 valence electrons. The molecule has 0 fully saturated rings. The minimum absolute atomic E-state index is 0.223. The van der Waals surface area contributed by atoms with Crippen molar-refractivity contribution >= 4 is 17.1 Å². The van der Waals surface area contributed by atoms with Gasteiger partial charge in [-0.1, -0.05) is 6.07 Å². The van der Waals surface area contributed by atoms with Crippen LogP contribution in [0.2, 0.25) is 0 Å². The number of amides is 2. The summed E-state index contributed by atoms with van der Waals surface area (Å²) in [5, 5.41) is 5.60. The van der Waals surface area contributed by atoms with Gasteiger partial charge in [0.15, 0.2) is 5.58 Å². The number of aromatic nitrogens is 1. The molecule has 0 radical (unpaired) electrons. The first-order valence-corrected chi connectivity index (χ1v) is 6.41. The monoisotopic (exact) mass is 277 g/mol. The zero-order valence-electron chi connectivity index (χ0n) is 12.1. The fraction of sp³-hybridized carbons (Fsp3) is 0.429. The number of aryl methyl sites for hydroxylation is 1. The van der Waals surface area contributed by atoms with E-state index in [1.807, 2.05) is 32.9 Å². The highest BCUT2D eigenvalue weighted by Crippen LogP contribution is 2.14. The van der Waals surface area contributed by atoms with E-state index < -0.39 is 5.76 Å². The van der Waals surface area contributed by atoms with E-state index in [4.69, 9.17) is 4.42 Å². The van der Waals surface area contributed by atoms with Crippen LogP contribution in [-0.2, 0) is 13.6 Å². The number of carbonyl (C=O) groups is 1. The summed E-state index contributed by atoms with van der Waals surface area (Å²) in [4.78, 5) is 23.1. The van der Waals surface area contributed by atoms with Crippen LogP contribution in [0, 0.1) is 0 Å². The third kappa shape index (κ3) is 3.20. The van der Waals surface area contributed by atoms with Gasteiger partial charge in [0, 0.05) is 19.1 Å². The van der Waals surface area contributed by atoms with E-state index in [-0.39, 0.29) is 11.6 Å². The number of hydrogen-bond acceptors (Lipinski definition) is 3. The number of hydrogen-bond donors (Lipinski definition) is 2. The van der Waals surface area contributed by atoms with Crippen molar-refractivity contribution in [2.24, 2.45) is 7.05 Å². The van der Waals surface area contributed by atoms with Crippen LogP contribution in [0.25, 0.3) is 11.1 Å². The highest BCUT2D eigenvalue weighted by atomic mass is 16.4. The van der Waals surface area contributed by atoms with E-state index >= 15 is 0 Å². The second-order valence-electron chi connectivity index (χ2n) is 5.79. The maximum atomic E-state index is 11.7. The largest absolute Gasteiger partial charge is 0.419 e. The fourth-order valence-electron chi connectivity index (χ4n) is 1.85. The first kappa shape index (κ1) is 14.2. The Morgan fingerprint density at radius 2 is 2.05 bits per heavy atom. The van der Waals surface area contributed by atoms with Crippen molar-refractivity contribution in [3.63, 3.8) is 0 Å². The van der Waals surface area contributed by atoms with Gasteiger partial charge in [-0.05, 0) is 38.5 Å². The van der Waals surface area contributed by atoms with Crippen LogP contribution in [-0.4, -0.2) is 16.1 Å². The maximum Gasteiger partial charge on any atom is 0.419 e. The Morgan fingerprint density at radius 3 is 2.70 bits per heavy atom. The zero-order valence-corrected chi connectivity index (χ0v) is 12.1. The number of oxazole rings is 1. The summed E-state index contributed by atoms with van der Waals surface area (Å²) in [6.45, 7) is 6.14. The quantitative estimate of drug-likeness (QED) is 0.877. The minimum atomic E-state index is -0.393. The summed E-state index contributed by atoms with van der Waals surface area (Å²) < 4.78 is 6.49. The molecular weight excluding hydrogens is 258 g/mol. The third-order valence-corrected chi connectivity index (χ3v) is 2.80. The van der Waals surface area contributed by atoms with Gasteiger partial charge in [-0.2, -0.15) is 0 Å². The SMILES string of the molecule is Cn1c(=O)oc2ccc(CNC(=O)NC(C)(C)C)cc21. The standard InChI is InChI=1S/C14H19N3O3/c1-14(2,3)16-12(18)15-8-9-5-6-11-10(7-9)17(4)13(19)20-11/h5-7H,8H2,1-4H3,(H2,15,16,18). The molecule has 1 aromatic carbocycles. The average molecular weight is 277 g/mol. The molecule has 2 rings (SSSR count). The molecule has 2 aromatic rings. The Morgan fingerprint density at radius 1 is 1.35 bits per heavy atom. The Balaban J connectivity index is 2.09. The third-order valence-electron chi connectivity index (χ3n) is 2.80. The second kappa shape index (κ2) is 5.03. The number of nitrogens with one attached hydrogen (secondary N) is 2. The molecule has 0 saturated heterocycles. The number of rotatable bonds is 2. The number of fused-ring (bicyclic) bond motifs is 1. The molecule has 2 amide bonds. The molecule has 20 heavy (non-hydrogen) atoms. The van der Waals surface area contributed by atoms with Crippen LogP contribution in [0.1, 0.15) is 26.3 Å². The van der Waals surface area contributed by atoms with E-state index in [0.717, 1.165) is 5.56 Å². The fourth-order valence-corrected chi connectivity index (χ4v) is 1.85. The topological polar surface area (TPSA) is 76.3 Å². The summed E-state index contributed by atoms with van der Waals surface area (Å²) in [7, 11) is 1.65. The molecule has 1 heterocycles.